The molecule has 3 nitrogen and oxygen atoms in total. The van der Waals surface area contributed by atoms with Gasteiger partial charge < -0.3 is 4.74 Å². The Hall–Kier alpha value is -1.16. The van der Waals surface area contributed by atoms with Crippen LogP contribution in [0.1, 0.15) is 92.5 Å². The molecule has 0 N–H and O–H groups in total. The average molecular weight is 459 g/mol. The van der Waals surface area contributed by atoms with Crippen molar-refractivity contribution in [3.8, 4) is 0 Å². The van der Waals surface area contributed by atoms with Gasteiger partial charge in [-0.05, 0) is 74.7 Å². The van der Waals surface area contributed by atoms with E-state index in [1.807, 2.05) is 12.1 Å². The summed E-state index contributed by atoms with van der Waals surface area (Å²) in [5, 5.41) is 0. The minimum Gasteiger partial charge on any atom is -0.457 e. The van der Waals surface area contributed by atoms with Crippen molar-refractivity contribution in [2.45, 2.75) is 80.9 Å². The first kappa shape index (κ1) is 19.8. The van der Waals surface area contributed by atoms with Crippen LogP contribution in [0.15, 0.2) is 24.3 Å². The smallest absolute Gasteiger partial charge is 0.312 e. The standard InChI is InChI=1S/C25H31BrO3/c26-25-13-17-10-18(14-25)12-24(11-17,16-25)23(28)29-15-22(27)21-8-6-20(7-9-21)19-4-2-1-3-5-19/h6-9,17-19H,1-5,10-16H2. The molecule has 5 aliphatic rings. The number of esters is 1. The molecule has 4 bridgehead atoms. The zero-order valence-electron chi connectivity index (χ0n) is 17.1. The lowest BCUT2D eigenvalue weighted by atomic mass is 9.49. The normalized spacial score (nSPS) is 36.2. The molecule has 156 valence electrons. The van der Waals surface area contributed by atoms with Gasteiger partial charge in [-0.1, -0.05) is 59.5 Å². The number of rotatable bonds is 5. The molecule has 5 aliphatic carbocycles. The summed E-state index contributed by atoms with van der Waals surface area (Å²) < 4.78 is 5.75. The number of ketones is 1. The summed E-state index contributed by atoms with van der Waals surface area (Å²) in [6.45, 7) is -0.131. The minimum absolute atomic E-state index is 0.0909. The number of halogens is 1. The predicted octanol–water partition coefficient (Wildman–Crippen LogP) is 6.19. The number of hydrogen-bond acceptors (Lipinski definition) is 3. The van der Waals surface area contributed by atoms with Gasteiger partial charge in [0.1, 0.15) is 0 Å². The molecule has 0 saturated heterocycles. The fourth-order valence-electron chi connectivity index (χ4n) is 7.13. The Kier molecular flexibility index (Phi) is 5.13. The van der Waals surface area contributed by atoms with Crippen LogP contribution in [-0.2, 0) is 9.53 Å². The molecule has 1 aromatic carbocycles. The number of hydrogen-bond donors (Lipinski definition) is 0. The summed E-state index contributed by atoms with van der Waals surface area (Å²) in [4.78, 5) is 25.7. The Balaban J connectivity index is 1.20. The van der Waals surface area contributed by atoms with Gasteiger partial charge >= 0.3 is 5.97 Å². The van der Waals surface area contributed by atoms with Crippen LogP contribution in [0.25, 0.3) is 0 Å². The molecule has 0 heterocycles. The van der Waals surface area contributed by atoms with Gasteiger partial charge in [0.2, 0.25) is 0 Å². The van der Waals surface area contributed by atoms with Crippen molar-refractivity contribution < 1.29 is 14.3 Å². The van der Waals surface area contributed by atoms with Gasteiger partial charge in [0.15, 0.2) is 12.4 Å². The van der Waals surface area contributed by atoms with Crippen molar-refractivity contribution in [3.05, 3.63) is 35.4 Å². The Morgan fingerprint density at radius 3 is 2.24 bits per heavy atom. The van der Waals surface area contributed by atoms with Crippen molar-refractivity contribution in [2.24, 2.45) is 17.3 Å². The lowest BCUT2D eigenvalue weighted by Crippen LogP contribution is -2.56. The van der Waals surface area contributed by atoms with Crippen molar-refractivity contribution in [1.82, 2.24) is 0 Å². The molecule has 4 heteroatoms. The third-order valence-electron chi connectivity index (χ3n) is 8.07. The summed E-state index contributed by atoms with van der Waals surface area (Å²) in [5.41, 5.74) is 1.63. The fraction of sp³-hybridized carbons (Fsp3) is 0.680. The number of carbonyl (C=O) groups excluding carboxylic acids is 2. The zero-order chi connectivity index (χ0) is 20.1. The minimum atomic E-state index is -0.362. The van der Waals surface area contributed by atoms with E-state index in [0.717, 1.165) is 19.3 Å². The van der Waals surface area contributed by atoms with Crippen LogP contribution < -0.4 is 0 Å². The van der Waals surface area contributed by atoms with Crippen LogP contribution in [0.2, 0.25) is 0 Å². The van der Waals surface area contributed by atoms with Crippen molar-refractivity contribution in [2.75, 3.05) is 6.61 Å². The van der Waals surface area contributed by atoms with E-state index in [9.17, 15) is 9.59 Å². The highest BCUT2D eigenvalue weighted by Crippen LogP contribution is 2.64. The quantitative estimate of drug-likeness (QED) is 0.299. The average Bonchev–Trinajstić information content (AvgIpc) is 2.70. The highest BCUT2D eigenvalue weighted by molar-refractivity contribution is 9.10. The largest absolute Gasteiger partial charge is 0.457 e. The third-order valence-corrected chi connectivity index (χ3v) is 8.99. The highest BCUT2D eigenvalue weighted by atomic mass is 79.9. The molecule has 6 rings (SSSR count). The third kappa shape index (κ3) is 3.82. The second-order valence-corrected chi connectivity index (χ2v) is 12.0. The van der Waals surface area contributed by atoms with Crippen LogP contribution in [0, 0.1) is 17.3 Å². The Morgan fingerprint density at radius 1 is 0.966 bits per heavy atom. The molecule has 29 heavy (non-hydrogen) atoms. The van der Waals surface area contributed by atoms with Gasteiger partial charge in [0.05, 0.1) is 5.41 Å². The highest BCUT2D eigenvalue weighted by Gasteiger charge is 2.60. The Labute approximate surface area is 182 Å². The van der Waals surface area contributed by atoms with E-state index in [4.69, 9.17) is 4.74 Å². The summed E-state index contributed by atoms with van der Waals surface area (Å²) in [6.07, 6.45) is 12.9. The molecule has 2 unspecified atom stereocenters. The van der Waals surface area contributed by atoms with Crippen molar-refractivity contribution in [1.29, 1.82) is 0 Å². The summed E-state index contributed by atoms with van der Waals surface area (Å²) in [6, 6.07) is 8.02. The zero-order valence-corrected chi connectivity index (χ0v) is 18.7. The van der Waals surface area contributed by atoms with Crippen LogP contribution in [-0.4, -0.2) is 22.7 Å². The molecule has 0 radical (unpaired) electrons. The number of carbonyl (C=O) groups is 2. The van der Waals surface area contributed by atoms with Gasteiger partial charge in [0, 0.05) is 9.89 Å². The van der Waals surface area contributed by atoms with Gasteiger partial charge in [-0.15, -0.1) is 0 Å². The monoisotopic (exact) mass is 458 g/mol. The number of Topliss-reactive ketones (excluding diaryl/α,β-unsaturated/α-hetero) is 1. The van der Waals surface area contributed by atoms with Gasteiger partial charge in [-0.2, -0.15) is 0 Å². The maximum Gasteiger partial charge on any atom is 0.312 e. The summed E-state index contributed by atoms with van der Waals surface area (Å²) >= 11 is 3.94. The summed E-state index contributed by atoms with van der Waals surface area (Å²) in [5.74, 6) is 1.67. The van der Waals surface area contributed by atoms with Gasteiger partial charge in [0.25, 0.3) is 0 Å². The second kappa shape index (κ2) is 7.51. The maximum atomic E-state index is 13.0. The molecule has 5 fully saturated rings. The maximum absolute atomic E-state index is 13.0. The number of ether oxygens (including phenoxy) is 1. The van der Waals surface area contributed by atoms with E-state index >= 15 is 0 Å². The molecule has 0 aromatic heterocycles. The SMILES string of the molecule is O=C(COC(=O)C12CC3CC(CC(Br)(C3)C1)C2)c1ccc(C2CCCCC2)cc1. The van der Waals surface area contributed by atoms with E-state index in [0.29, 0.717) is 23.3 Å². The Bertz CT molecular complexity index is 779. The van der Waals surface area contributed by atoms with E-state index in [-0.39, 0.29) is 28.1 Å². The second-order valence-electron chi connectivity index (χ2n) is 10.3. The molecule has 5 saturated carbocycles. The first-order valence-electron chi connectivity index (χ1n) is 11.4. The predicted molar refractivity (Wildman–Crippen MR) is 116 cm³/mol. The van der Waals surface area contributed by atoms with Crippen LogP contribution in [0.3, 0.4) is 0 Å². The van der Waals surface area contributed by atoms with E-state index in [1.165, 1.54) is 56.9 Å². The van der Waals surface area contributed by atoms with E-state index in [2.05, 4.69) is 28.1 Å². The topological polar surface area (TPSA) is 43.4 Å². The number of alkyl halides is 1. The molecule has 2 atom stereocenters. The van der Waals surface area contributed by atoms with E-state index < -0.39 is 0 Å². The molecule has 0 aliphatic heterocycles. The molecular weight excluding hydrogens is 428 g/mol. The first-order chi connectivity index (χ1) is 13.9. The van der Waals surface area contributed by atoms with Crippen LogP contribution >= 0.6 is 15.9 Å². The fourth-order valence-corrected chi connectivity index (χ4v) is 8.59. The molecule has 0 amide bonds. The van der Waals surface area contributed by atoms with Crippen molar-refractivity contribution in [3.63, 3.8) is 0 Å². The number of benzene rings is 1. The van der Waals surface area contributed by atoms with Crippen LogP contribution in [0.4, 0.5) is 0 Å². The summed E-state index contributed by atoms with van der Waals surface area (Å²) in [7, 11) is 0. The van der Waals surface area contributed by atoms with Gasteiger partial charge in [-0.25, -0.2) is 0 Å². The molecule has 0 spiro atoms. The molecule has 1 aromatic rings. The first-order valence-corrected chi connectivity index (χ1v) is 12.2. The Morgan fingerprint density at radius 2 is 1.62 bits per heavy atom. The van der Waals surface area contributed by atoms with Gasteiger partial charge in [-0.3, -0.25) is 9.59 Å². The van der Waals surface area contributed by atoms with Crippen molar-refractivity contribution >= 4 is 27.7 Å². The molecular formula is C25H31BrO3. The lowest BCUT2D eigenvalue weighted by Gasteiger charge is -2.58. The lowest BCUT2D eigenvalue weighted by molar-refractivity contribution is -0.168. The van der Waals surface area contributed by atoms with E-state index in [1.54, 1.807) is 0 Å². The van der Waals surface area contributed by atoms with Crippen LogP contribution in [0.5, 0.6) is 0 Å².